The van der Waals surface area contributed by atoms with Crippen molar-refractivity contribution in [3.63, 3.8) is 0 Å². The number of hydrogen-bond donors (Lipinski definition) is 2. The van der Waals surface area contributed by atoms with Crippen LogP contribution in [0.15, 0.2) is 48.8 Å². The Hall–Kier alpha value is -3.54. The predicted octanol–water partition coefficient (Wildman–Crippen LogP) is 3.76. The van der Waals surface area contributed by atoms with Crippen molar-refractivity contribution in [2.24, 2.45) is 0 Å². The van der Waals surface area contributed by atoms with E-state index in [0.717, 1.165) is 24.1 Å². The van der Waals surface area contributed by atoms with Crippen LogP contribution in [0.2, 0.25) is 0 Å². The SMILES string of the molecule is CC(O)c1ccc(Nc2ncnc(-c3ccc(OC4CCOCC4)c(C#N)c3)n2)cc1. The van der Waals surface area contributed by atoms with Gasteiger partial charge in [0.15, 0.2) is 5.82 Å². The van der Waals surface area contributed by atoms with Crippen molar-refractivity contribution in [1.82, 2.24) is 15.0 Å². The Morgan fingerprint density at radius 3 is 2.65 bits per heavy atom. The molecule has 0 saturated carbocycles. The van der Waals surface area contributed by atoms with Gasteiger partial charge in [0.25, 0.3) is 0 Å². The van der Waals surface area contributed by atoms with Crippen LogP contribution >= 0.6 is 0 Å². The molecule has 8 heteroatoms. The highest BCUT2D eigenvalue weighted by atomic mass is 16.5. The molecule has 0 spiro atoms. The van der Waals surface area contributed by atoms with E-state index < -0.39 is 6.10 Å². The normalized spacial score (nSPS) is 15.1. The van der Waals surface area contributed by atoms with E-state index in [-0.39, 0.29) is 6.10 Å². The monoisotopic (exact) mass is 417 g/mol. The molecular formula is C23H23N5O3. The summed E-state index contributed by atoms with van der Waals surface area (Å²) in [6, 6.07) is 14.9. The van der Waals surface area contributed by atoms with Crippen molar-refractivity contribution in [3.8, 4) is 23.2 Å². The number of aliphatic hydroxyl groups is 1. The zero-order valence-electron chi connectivity index (χ0n) is 17.2. The molecule has 1 aliphatic rings. The number of anilines is 2. The summed E-state index contributed by atoms with van der Waals surface area (Å²) in [6.45, 7) is 3.07. The van der Waals surface area contributed by atoms with E-state index in [4.69, 9.17) is 9.47 Å². The standard InChI is InChI=1S/C23H23N5O3/c1-15(29)16-2-5-19(6-3-16)27-23-26-14-25-22(28-23)17-4-7-21(18(12-17)13-24)31-20-8-10-30-11-9-20/h2-7,12,14-15,20,29H,8-11H2,1H3,(H,25,26,27,28). The molecule has 4 rings (SSSR count). The van der Waals surface area contributed by atoms with E-state index in [1.54, 1.807) is 19.1 Å². The quantitative estimate of drug-likeness (QED) is 0.623. The minimum Gasteiger partial charge on any atom is -0.489 e. The molecule has 1 saturated heterocycles. The molecule has 0 bridgehead atoms. The molecule has 2 aromatic carbocycles. The predicted molar refractivity (Wildman–Crippen MR) is 115 cm³/mol. The van der Waals surface area contributed by atoms with Crippen molar-refractivity contribution < 1.29 is 14.6 Å². The summed E-state index contributed by atoms with van der Waals surface area (Å²) in [5, 5.41) is 22.4. The fourth-order valence-corrected chi connectivity index (χ4v) is 3.30. The highest BCUT2D eigenvalue weighted by Gasteiger charge is 2.18. The third-order valence-corrected chi connectivity index (χ3v) is 5.04. The number of nitrogens with zero attached hydrogens (tertiary/aromatic N) is 4. The van der Waals surface area contributed by atoms with E-state index in [1.165, 1.54) is 6.33 Å². The average Bonchev–Trinajstić information content (AvgIpc) is 2.80. The lowest BCUT2D eigenvalue weighted by Gasteiger charge is -2.23. The second-order valence-electron chi connectivity index (χ2n) is 7.31. The smallest absolute Gasteiger partial charge is 0.230 e. The number of aromatic nitrogens is 3. The van der Waals surface area contributed by atoms with Crippen LogP contribution in [0.5, 0.6) is 5.75 Å². The molecule has 3 aromatic rings. The highest BCUT2D eigenvalue weighted by Crippen LogP contribution is 2.27. The summed E-state index contributed by atoms with van der Waals surface area (Å²) in [5.41, 5.74) is 2.76. The third-order valence-electron chi connectivity index (χ3n) is 5.04. The van der Waals surface area contributed by atoms with Gasteiger partial charge >= 0.3 is 0 Å². The molecule has 0 radical (unpaired) electrons. The van der Waals surface area contributed by atoms with E-state index in [1.807, 2.05) is 30.3 Å². The van der Waals surface area contributed by atoms with Crippen molar-refractivity contribution in [2.45, 2.75) is 32.0 Å². The van der Waals surface area contributed by atoms with Crippen LogP contribution in [-0.4, -0.2) is 39.4 Å². The largest absolute Gasteiger partial charge is 0.489 e. The number of aliphatic hydroxyl groups excluding tert-OH is 1. The molecule has 0 aliphatic carbocycles. The van der Waals surface area contributed by atoms with Gasteiger partial charge in [-0.05, 0) is 42.8 Å². The first-order chi connectivity index (χ1) is 15.1. The molecule has 1 unspecified atom stereocenters. The van der Waals surface area contributed by atoms with E-state index in [0.29, 0.717) is 41.9 Å². The van der Waals surface area contributed by atoms with E-state index in [9.17, 15) is 10.4 Å². The summed E-state index contributed by atoms with van der Waals surface area (Å²) >= 11 is 0. The number of hydrogen-bond acceptors (Lipinski definition) is 8. The van der Waals surface area contributed by atoms with E-state index >= 15 is 0 Å². The summed E-state index contributed by atoms with van der Waals surface area (Å²) < 4.78 is 11.4. The van der Waals surface area contributed by atoms with Crippen molar-refractivity contribution in [3.05, 3.63) is 59.9 Å². The second-order valence-corrected chi connectivity index (χ2v) is 7.31. The third kappa shape index (κ3) is 5.15. The number of rotatable bonds is 6. The minimum atomic E-state index is -0.523. The fraction of sp³-hybridized carbons (Fsp3) is 0.304. The first kappa shape index (κ1) is 20.7. The molecule has 0 amide bonds. The first-order valence-corrected chi connectivity index (χ1v) is 10.2. The Balaban J connectivity index is 1.52. The molecule has 2 N–H and O–H groups in total. The highest BCUT2D eigenvalue weighted by molar-refractivity contribution is 5.63. The Morgan fingerprint density at radius 2 is 1.94 bits per heavy atom. The van der Waals surface area contributed by atoms with Gasteiger partial charge in [-0.15, -0.1) is 0 Å². The number of nitrogens with one attached hydrogen (secondary N) is 1. The maximum Gasteiger partial charge on any atom is 0.230 e. The van der Waals surface area contributed by atoms with Crippen LogP contribution < -0.4 is 10.1 Å². The van der Waals surface area contributed by atoms with Crippen LogP contribution in [0.3, 0.4) is 0 Å². The Morgan fingerprint density at radius 1 is 1.16 bits per heavy atom. The van der Waals surface area contributed by atoms with Gasteiger partial charge in [-0.1, -0.05) is 12.1 Å². The minimum absolute atomic E-state index is 0.0555. The van der Waals surface area contributed by atoms with Crippen LogP contribution in [0, 0.1) is 11.3 Å². The Bertz CT molecular complexity index is 1070. The molecule has 1 atom stereocenters. The van der Waals surface area contributed by atoms with Gasteiger partial charge in [-0.2, -0.15) is 10.2 Å². The lowest BCUT2D eigenvalue weighted by molar-refractivity contribution is 0.0254. The summed E-state index contributed by atoms with van der Waals surface area (Å²) in [5.74, 6) is 1.40. The molecular weight excluding hydrogens is 394 g/mol. The van der Waals surface area contributed by atoms with E-state index in [2.05, 4.69) is 26.3 Å². The lowest BCUT2D eigenvalue weighted by atomic mass is 10.1. The van der Waals surface area contributed by atoms with Gasteiger partial charge in [0, 0.05) is 24.1 Å². The number of ether oxygens (including phenoxy) is 2. The Labute approximate surface area is 180 Å². The second kappa shape index (κ2) is 9.51. The molecule has 158 valence electrons. The van der Waals surface area contributed by atoms with Crippen molar-refractivity contribution >= 4 is 11.6 Å². The maximum atomic E-state index is 9.63. The molecule has 1 fully saturated rings. The summed E-state index contributed by atoms with van der Waals surface area (Å²) in [6.07, 6.45) is 2.58. The van der Waals surface area contributed by atoms with Gasteiger partial charge in [-0.3, -0.25) is 0 Å². The molecule has 8 nitrogen and oxygen atoms in total. The van der Waals surface area contributed by atoms with Gasteiger partial charge in [-0.25, -0.2) is 9.97 Å². The topological polar surface area (TPSA) is 113 Å². The van der Waals surface area contributed by atoms with Crippen molar-refractivity contribution in [1.29, 1.82) is 5.26 Å². The summed E-state index contributed by atoms with van der Waals surface area (Å²) in [7, 11) is 0. The number of benzene rings is 2. The molecule has 1 aliphatic heterocycles. The van der Waals surface area contributed by atoms with Gasteiger partial charge < -0.3 is 19.9 Å². The first-order valence-electron chi connectivity index (χ1n) is 10.2. The van der Waals surface area contributed by atoms with Crippen molar-refractivity contribution in [2.75, 3.05) is 18.5 Å². The van der Waals surface area contributed by atoms with Gasteiger partial charge in [0.05, 0.1) is 24.9 Å². The maximum absolute atomic E-state index is 9.63. The van der Waals surface area contributed by atoms with Gasteiger partial charge in [0.1, 0.15) is 24.3 Å². The molecule has 2 heterocycles. The zero-order chi connectivity index (χ0) is 21.6. The molecule has 31 heavy (non-hydrogen) atoms. The lowest BCUT2D eigenvalue weighted by Crippen LogP contribution is -2.26. The molecule has 1 aromatic heterocycles. The summed E-state index contributed by atoms with van der Waals surface area (Å²) in [4.78, 5) is 12.9. The average molecular weight is 417 g/mol. The van der Waals surface area contributed by atoms with Crippen LogP contribution in [0.1, 0.15) is 37.0 Å². The van der Waals surface area contributed by atoms with Crippen LogP contribution in [-0.2, 0) is 4.74 Å². The van der Waals surface area contributed by atoms with Crippen LogP contribution in [0.25, 0.3) is 11.4 Å². The number of nitriles is 1. The zero-order valence-corrected chi connectivity index (χ0v) is 17.2. The van der Waals surface area contributed by atoms with Crippen LogP contribution in [0.4, 0.5) is 11.6 Å². The Kier molecular flexibility index (Phi) is 6.36. The van der Waals surface area contributed by atoms with Gasteiger partial charge in [0.2, 0.25) is 5.95 Å². The fourth-order valence-electron chi connectivity index (χ4n) is 3.30.